The van der Waals surface area contributed by atoms with E-state index in [2.05, 4.69) is 47.0 Å². The fraction of sp³-hybridized carbons (Fsp3) is 1.00. The van der Waals surface area contributed by atoms with Crippen molar-refractivity contribution in [2.45, 2.75) is 15.6 Å². The fourth-order valence-corrected chi connectivity index (χ4v) is 14.5. The van der Waals surface area contributed by atoms with Crippen molar-refractivity contribution in [3.05, 3.63) is 0 Å². The molecule has 0 aromatic carbocycles. The van der Waals surface area contributed by atoms with Gasteiger partial charge in [-0.1, -0.05) is 43.2 Å². The van der Waals surface area contributed by atoms with E-state index in [1.165, 1.54) is 26.8 Å². The van der Waals surface area contributed by atoms with E-state index in [9.17, 15) is 0 Å². The van der Waals surface area contributed by atoms with Crippen LogP contribution in [0.3, 0.4) is 0 Å². The highest BCUT2D eigenvalue weighted by atomic mass is 33.1. The van der Waals surface area contributed by atoms with Gasteiger partial charge in [-0.2, -0.15) is 0 Å². The molecule has 0 aliphatic carbocycles. The average molecular weight is 353 g/mol. The Bertz CT molecular complexity index is 142. The predicted octanol–water partition coefficient (Wildman–Crippen LogP) is 5.58. The highest BCUT2D eigenvalue weighted by Gasteiger charge is 2.21. The molecule has 2 aliphatic heterocycles. The molecule has 0 bridgehead atoms. The first-order valence-electron chi connectivity index (χ1n) is 4.40. The Hall–Kier alpha value is 2.80. The smallest absolute Gasteiger partial charge is 0.0538 e. The Kier molecular flexibility index (Phi) is 8.36. The van der Waals surface area contributed by atoms with Gasteiger partial charge in [0.15, 0.2) is 0 Å². The molecule has 0 radical (unpaired) electrons. The maximum atomic E-state index is 2.15. The van der Waals surface area contributed by atoms with E-state index in [0.717, 1.165) is 9.16 Å². The first-order valence-corrected chi connectivity index (χ1v) is 13.6. The van der Waals surface area contributed by atoms with Crippen LogP contribution in [-0.4, -0.2) is 29.5 Å². The normalized spacial score (nSPS) is 27.2. The van der Waals surface area contributed by atoms with Crippen LogP contribution in [0.5, 0.6) is 0 Å². The standard InChI is InChI=1S/C7H12S8/c1(6-8-2-12-13-3-9-6)7-10-4-14-15-5-11-7/h6-7H,1-5H2. The molecule has 88 valence electrons. The van der Waals surface area contributed by atoms with Crippen LogP contribution >= 0.6 is 90.2 Å². The molecule has 15 heavy (non-hydrogen) atoms. The molecule has 0 N–H and O–H groups in total. The van der Waals surface area contributed by atoms with Crippen LogP contribution in [0.25, 0.3) is 0 Å². The summed E-state index contributed by atoms with van der Waals surface area (Å²) in [7, 11) is 8.09. The molecule has 0 spiro atoms. The molecule has 0 atom stereocenters. The number of thioether (sulfide) groups is 4. The SMILES string of the molecule is C1SSCSC(CC2SCSSCS2)S1. The minimum Gasteiger partial charge on any atom is -0.136 e. The first-order chi connectivity index (χ1) is 7.45. The molecule has 2 fully saturated rings. The van der Waals surface area contributed by atoms with Crippen molar-refractivity contribution in [3.63, 3.8) is 0 Å². The molecular formula is C7H12S8. The number of hydrogen-bond donors (Lipinski definition) is 0. The van der Waals surface area contributed by atoms with Crippen LogP contribution in [-0.2, 0) is 0 Å². The molecule has 0 amide bonds. The Morgan fingerprint density at radius 1 is 0.600 bits per heavy atom. The minimum atomic E-state index is 0.839. The molecule has 2 heterocycles. The molecular weight excluding hydrogens is 341 g/mol. The lowest BCUT2D eigenvalue weighted by molar-refractivity contribution is 1.03. The van der Waals surface area contributed by atoms with E-state index in [-0.39, 0.29) is 0 Å². The van der Waals surface area contributed by atoms with Gasteiger partial charge in [-0.15, -0.1) is 47.0 Å². The summed E-state index contributed by atoms with van der Waals surface area (Å²) < 4.78 is 1.68. The van der Waals surface area contributed by atoms with Gasteiger partial charge in [-0.05, 0) is 6.42 Å². The van der Waals surface area contributed by atoms with E-state index in [1.807, 2.05) is 43.2 Å². The van der Waals surface area contributed by atoms with E-state index < -0.39 is 0 Å². The third kappa shape index (κ3) is 5.98. The molecule has 0 aromatic rings. The van der Waals surface area contributed by atoms with Gasteiger partial charge >= 0.3 is 0 Å². The second-order valence-corrected chi connectivity index (χ2v) is 14.5. The second-order valence-electron chi connectivity index (χ2n) is 2.70. The van der Waals surface area contributed by atoms with Crippen LogP contribution in [0, 0.1) is 0 Å². The number of rotatable bonds is 2. The van der Waals surface area contributed by atoms with Gasteiger partial charge in [0.1, 0.15) is 0 Å². The summed E-state index contributed by atoms with van der Waals surface area (Å²) >= 11 is 8.60. The van der Waals surface area contributed by atoms with Crippen LogP contribution in [0.2, 0.25) is 0 Å². The zero-order valence-corrected chi connectivity index (χ0v) is 14.5. The van der Waals surface area contributed by atoms with Crippen molar-refractivity contribution >= 4 is 90.2 Å². The van der Waals surface area contributed by atoms with Crippen LogP contribution in [0.15, 0.2) is 0 Å². The van der Waals surface area contributed by atoms with Crippen molar-refractivity contribution in [1.82, 2.24) is 0 Å². The molecule has 2 aliphatic rings. The Labute approximate surface area is 125 Å². The maximum absolute atomic E-state index is 2.15. The van der Waals surface area contributed by atoms with Gasteiger partial charge in [0.2, 0.25) is 0 Å². The third-order valence-corrected chi connectivity index (χ3v) is 14.2. The van der Waals surface area contributed by atoms with Crippen molar-refractivity contribution < 1.29 is 0 Å². The molecule has 0 aromatic heterocycles. The van der Waals surface area contributed by atoms with E-state index in [4.69, 9.17) is 0 Å². The van der Waals surface area contributed by atoms with Gasteiger partial charge in [0, 0.05) is 0 Å². The van der Waals surface area contributed by atoms with Crippen molar-refractivity contribution in [3.8, 4) is 0 Å². The van der Waals surface area contributed by atoms with Gasteiger partial charge in [-0.25, -0.2) is 0 Å². The Balaban J connectivity index is 1.73. The van der Waals surface area contributed by atoms with Crippen LogP contribution in [0.1, 0.15) is 6.42 Å². The van der Waals surface area contributed by atoms with E-state index >= 15 is 0 Å². The average Bonchev–Trinajstić information content (AvgIpc) is 2.63. The number of hydrogen-bond acceptors (Lipinski definition) is 8. The maximum Gasteiger partial charge on any atom is 0.0538 e. The fourth-order valence-electron chi connectivity index (χ4n) is 1.08. The topological polar surface area (TPSA) is 0 Å². The van der Waals surface area contributed by atoms with Gasteiger partial charge in [-0.3, -0.25) is 0 Å². The molecule has 8 heteroatoms. The lowest BCUT2D eigenvalue weighted by atomic mass is 10.5. The summed E-state index contributed by atoms with van der Waals surface area (Å²) in [5.41, 5.74) is 0. The van der Waals surface area contributed by atoms with E-state index in [1.54, 1.807) is 0 Å². The van der Waals surface area contributed by atoms with Gasteiger partial charge < -0.3 is 0 Å². The monoisotopic (exact) mass is 352 g/mol. The molecule has 0 saturated carbocycles. The third-order valence-electron chi connectivity index (χ3n) is 1.76. The van der Waals surface area contributed by atoms with Gasteiger partial charge in [0.05, 0.1) is 29.5 Å². The summed E-state index contributed by atoms with van der Waals surface area (Å²) in [6.07, 6.45) is 1.38. The van der Waals surface area contributed by atoms with Crippen molar-refractivity contribution in [2.75, 3.05) is 20.3 Å². The molecule has 2 rings (SSSR count). The lowest BCUT2D eigenvalue weighted by Gasteiger charge is -2.18. The van der Waals surface area contributed by atoms with Crippen molar-refractivity contribution in [1.29, 1.82) is 0 Å². The first kappa shape index (κ1) is 14.2. The summed E-state index contributed by atoms with van der Waals surface area (Å²) in [6, 6.07) is 0. The minimum absolute atomic E-state index is 0.839. The van der Waals surface area contributed by atoms with Crippen LogP contribution < -0.4 is 0 Å². The van der Waals surface area contributed by atoms with Crippen LogP contribution in [0.4, 0.5) is 0 Å². The second kappa shape index (κ2) is 8.82. The summed E-state index contributed by atoms with van der Waals surface area (Å²) in [6.45, 7) is 0. The highest BCUT2D eigenvalue weighted by Crippen LogP contribution is 2.47. The zero-order chi connectivity index (χ0) is 10.3. The Morgan fingerprint density at radius 2 is 0.933 bits per heavy atom. The quantitative estimate of drug-likeness (QED) is 0.583. The van der Waals surface area contributed by atoms with E-state index in [0.29, 0.717) is 0 Å². The predicted molar refractivity (Wildman–Crippen MR) is 92.4 cm³/mol. The largest absolute Gasteiger partial charge is 0.136 e. The highest BCUT2D eigenvalue weighted by molar-refractivity contribution is 8.80. The summed E-state index contributed by atoms with van der Waals surface area (Å²) in [4.78, 5) is 0. The Morgan fingerprint density at radius 3 is 1.27 bits per heavy atom. The van der Waals surface area contributed by atoms with Gasteiger partial charge in [0.25, 0.3) is 0 Å². The molecule has 2 saturated heterocycles. The zero-order valence-electron chi connectivity index (χ0n) is 7.96. The molecule has 0 unspecified atom stereocenters. The van der Waals surface area contributed by atoms with Crippen molar-refractivity contribution in [2.24, 2.45) is 0 Å². The summed E-state index contributed by atoms with van der Waals surface area (Å²) in [5, 5.41) is 5.09. The summed E-state index contributed by atoms with van der Waals surface area (Å²) in [5.74, 6) is 0. The molecule has 0 nitrogen and oxygen atoms in total. The lowest BCUT2D eigenvalue weighted by Crippen LogP contribution is -2.07.